The fourth-order valence-electron chi connectivity index (χ4n) is 2.45. The Kier molecular flexibility index (Phi) is 3.77. The van der Waals surface area contributed by atoms with Gasteiger partial charge < -0.3 is 5.73 Å². The van der Waals surface area contributed by atoms with Crippen LogP contribution in [0.3, 0.4) is 0 Å². The van der Waals surface area contributed by atoms with Crippen LogP contribution in [0.1, 0.15) is 35.7 Å². The fourth-order valence-corrected chi connectivity index (χ4v) is 2.45. The van der Waals surface area contributed by atoms with E-state index in [9.17, 15) is 9.59 Å². The van der Waals surface area contributed by atoms with Gasteiger partial charge in [-0.3, -0.25) is 14.5 Å². The maximum atomic E-state index is 12.4. The highest BCUT2D eigenvalue weighted by atomic mass is 16.2. The Labute approximate surface area is 107 Å². The second-order valence-electron chi connectivity index (χ2n) is 4.54. The molecule has 1 aliphatic heterocycles. The van der Waals surface area contributed by atoms with Crippen molar-refractivity contribution in [3.63, 3.8) is 0 Å². The van der Waals surface area contributed by atoms with E-state index in [1.165, 1.54) is 4.90 Å². The van der Waals surface area contributed by atoms with Gasteiger partial charge in [0.15, 0.2) is 0 Å². The van der Waals surface area contributed by atoms with Crippen molar-refractivity contribution in [3.05, 3.63) is 35.4 Å². The van der Waals surface area contributed by atoms with Crippen LogP contribution in [0.4, 0.5) is 0 Å². The van der Waals surface area contributed by atoms with E-state index in [4.69, 9.17) is 5.73 Å². The van der Waals surface area contributed by atoms with Gasteiger partial charge in [-0.05, 0) is 31.0 Å². The molecule has 0 aromatic heterocycles. The SMILES string of the molecule is CCC(CCN)N1C(=O)Cc2ccccc2C1=O. The Morgan fingerprint density at radius 2 is 2.06 bits per heavy atom. The van der Waals surface area contributed by atoms with Crippen LogP contribution >= 0.6 is 0 Å². The first kappa shape index (κ1) is 12.8. The monoisotopic (exact) mass is 246 g/mol. The van der Waals surface area contributed by atoms with Gasteiger partial charge in [-0.1, -0.05) is 25.1 Å². The third-order valence-corrected chi connectivity index (χ3v) is 3.41. The molecule has 0 fully saturated rings. The Morgan fingerprint density at radius 1 is 1.33 bits per heavy atom. The minimum absolute atomic E-state index is 0.0802. The van der Waals surface area contributed by atoms with Crippen LogP contribution in [0.2, 0.25) is 0 Å². The van der Waals surface area contributed by atoms with Crippen molar-refractivity contribution in [3.8, 4) is 0 Å². The molecule has 4 heteroatoms. The highest BCUT2D eigenvalue weighted by Crippen LogP contribution is 2.23. The predicted molar refractivity (Wildman–Crippen MR) is 69.1 cm³/mol. The smallest absolute Gasteiger partial charge is 0.261 e. The zero-order chi connectivity index (χ0) is 13.1. The minimum atomic E-state index is -0.179. The van der Waals surface area contributed by atoms with E-state index in [0.717, 1.165) is 12.0 Å². The van der Waals surface area contributed by atoms with Crippen molar-refractivity contribution in [1.29, 1.82) is 0 Å². The van der Waals surface area contributed by atoms with Gasteiger partial charge in [0.25, 0.3) is 5.91 Å². The topological polar surface area (TPSA) is 63.4 Å². The van der Waals surface area contributed by atoms with Crippen LogP contribution in [0.25, 0.3) is 0 Å². The number of nitrogens with two attached hydrogens (primary N) is 1. The zero-order valence-electron chi connectivity index (χ0n) is 10.6. The van der Waals surface area contributed by atoms with Gasteiger partial charge in [-0.2, -0.15) is 0 Å². The molecular formula is C14H18N2O2. The molecule has 4 nitrogen and oxygen atoms in total. The van der Waals surface area contributed by atoms with Crippen LogP contribution in [0.5, 0.6) is 0 Å². The molecule has 2 amide bonds. The number of imide groups is 1. The molecule has 1 aromatic carbocycles. The molecule has 1 unspecified atom stereocenters. The molecule has 96 valence electrons. The van der Waals surface area contributed by atoms with E-state index in [2.05, 4.69) is 0 Å². The number of nitrogens with zero attached hydrogens (tertiary/aromatic N) is 1. The van der Waals surface area contributed by atoms with Crippen molar-refractivity contribution in [2.75, 3.05) is 6.54 Å². The lowest BCUT2D eigenvalue weighted by Crippen LogP contribution is -2.49. The van der Waals surface area contributed by atoms with Crippen LogP contribution in [-0.2, 0) is 11.2 Å². The lowest BCUT2D eigenvalue weighted by atomic mass is 9.96. The number of carbonyl (C=O) groups excluding carboxylic acids is 2. The third kappa shape index (κ3) is 2.16. The summed E-state index contributed by atoms with van der Waals surface area (Å²) >= 11 is 0. The average Bonchev–Trinajstić information content (AvgIpc) is 2.37. The van der Waals surface area contributed by atoms with Crippen LogP contribution in [-0.4, -0.2) is 29.3 Å². The van der Waals surface area contributed by atoms with Gasteiger partial charge in [-0.15, -0.1) is 0 Å². The molecule has 0 saturated heterocycles. The molecule has 2 rings (SSSR count). The first-order valence-corrected chi connectivity index (χ1v) is 6.33. The van der Waals surface area contributed by atoms with Crippen molar-refractivity contribution in [2.45, 2.75) is 32.2 Å². The Balaban J connectivity index is 2.34. The Hall–Kier alpha value is -1.68. The molecule has 0 saturated carbocycles. The summed E-state index contributed by atoms with van der Waals surface area (Å²) in [6, 6.07) is 7.22. The summed E-state index contributed by atoms with van der Waals surface area (Å²) in [6.07, 6.45) is 1.72. The second kappa shape index (κ2) is 5.31. The van der Waals surface area contributed by atoms with Gasteiger partial charge in [0.05, 0.1) is 6.42 Å². The number of fused-ring (bicyclic) bond motifs is 1. The standard InChI is InChI=1S/C14H18N2O2/c1-2-11(7-8-15)16-13(17)9-10-5-3-4-6-12(10)14(16)18/h3-6,11H,2,7-9,15H2,1H3. The first-order chi connectivity index (χ1) is 8.69. The minimum Gasteiger partial charge on any atom is -0.330 e. The largest absolute Gasteiger partial charge is 0.330 e. The quantitative estimate of drug-likeness (QED) is 0.815. The average molecular weight is 246 g/mol. The van der Waals surface area contributed by atoms with Gasteiger partial charge in [0, 0.05) is 11.6 Å². The van der Waals surface area contributed by atoms with Crippen LogP contribution in [0, 0.1) is 0 Å². The molecule has 1 heterocycles. The van der Waals surface area contributed by atoms with Crippen LogP contribution in [0.15, 0.2) is 24.3 Å². The molecule has 1 aliphatic rings. The maximum Gasteiger partial charge on any atom is 0.261 e. The third-order valence-electron chi connectivity index (χ3n) is 3.41. The van der Waals surface area contributed by atoms with E-state index in [0.29, 0.717) is 24.9 Å². The molecule has 0 bridgehead atoms. The zero-order valence-corrected chi connectivity index (χ0v) is 10.6. The predicted octanol–water partition coefficient (Wildman–Crippen LogP) is 1.34. The summed E-state index contributed by atoms with van der Waals surface area (Å²) < 4.78 is 0. The summed E-state index contributed by atoms with van der Waals surface area (Å²) in [5.74, 6) is -0.291. The highest BCUT2D eigenvalue weighted by Gasteiger charge is 2.34. The molecule has 0 spiro atoms. The van der Waals surface area contributed by atoms with Crippen molar-refractivity contribution >= 4 is 11.8 Å². The lowest BCUT2D eigenvalue weighted by Gasteiger charge is -2.33. The molecule has 1 aromatic rings. The van der Waals surface area contributed by atoms with E-state index < -0.39 is 0 Å². The number of rotatable bonds is 4. The molecule has 18 heavy (non-hydrogen) atoms. The molecule has 0 aliphatic carbocycles. The van der Waals surface area contributed by atoms with Crippen molar-refractivity contribution in [2.24, 2.45) is 5.73 Å². The summed E-state index contributed by atoms with van der Waals surface area (Å²) in [5, 5.41) is 0. The Bertz CT molecular complexity index is 471. The van der Waals surface area contributed by atoms with E-state index in [1.807, 2.05) is 25.1 Å². The molecule has 0 radical (unpaired) electrons. The summed E-state index contributed by atoms with van der Waals surface area (Å²) in [4.78, 5) is 25.9. The maximum absolute atomic E-state index is 12.4. The van der Waals surface area contributed by atoms with E-state index in [1.54, 1.807) is 6.07 Å². The molecule has 2 N–H and O–H groups in total. The van der Waals surface area contributed by atoms with Gasteiger partial charge in [0.2, 0.25) is 5.91 Å². The number of hydrogen-bond acceptors (Lipinski definition) is 3. The first-order valence-electron chi connectivity index (χ1n) is 6.33. The van der Waals surface area contributed by atoms with Crippen molar-refractivity contribution in [1.82, 2.24) is 4.90 Å². The summed E-state index contributed by atoms with van der Waals surface area (Å²) in [5.41, 5.74) is 7.02. The highest BCUT2D eigenvalue weighted by molar-refractivity contribution is 6.09. The van der Waals surface area contributed by atoms with E-state index >= 15 is 0 Å². The summed E-state index contributed by atoms with van der Waals surface area (Å²) in [6.45, 7) is 2.46. The normalized spacial score (nSPS) is 16.7. The van der Waals surface area contributed by atoms with Gasteiger partial charge in [-0.25, -0.2) is 0 Å². The number of benzene rings is 1. The number of carbonyl (C=O) groups is 2. The fraction of sp³-hybridized carbons (Fsp3) is 0.429. The lowest BCUT2D eigenvalue weighted by molar-refractivity contribution is -0.130. The molecule has 1 atom stereocenters. The number of amides is 2. The summed E-state index contributed by atoms with van der Waals surface area (Å²) in [7, 11) is 0. The van der Waals surface area contributed by atoms with Crippen molar-refractivity contribution < 1.29 is 9.59 Å². The number of hydrogen-bond donors (Lipinski definition) is 1. The van der Waals surface area contributed by atoms with Gasteiger partial charge in [0.1, 0.15) is 0 Å². The molecular weight excluding hydrogens is 228 g/mol. The Morgan fingerprint density at radius 3 is 2.72 bits per heavy atom. The van der Waals surface area contributed by atoms with E-state index in [-0.39, 0.29) is 17.9 Å². The van der Waals surface area contributed by atoms with Gasteiger partial charge >= 0.3 is 0 Å². The van der Waals surface area contributed by atoms with Crippen LogP contribution < -0.4 is 5.73 Å². The second-order valence-corrected chi connectivity index (χ2v) is 4.54.